The Labute approximate surface area is 145 Å². The second kappa shape index (κ2) is 8.32. The van der Waals surface area contributed by atoms with Gasteiger partial charge in [0.25, 0.3) is 5.91 Å². The van der Waals surface area contributed by atoms with Crippen molar-refractivity contribution in [2.75, 3.05) is 14.2 Å². The third-order valence-electron chi connectivity index (χ3n) is 3.68. The summed E-state index contributed by atoms with van der Waals surface area (Å²) in [6.07, 6.45) is 0.469. The number of amides is 1. The molecule has 0 bridgehead atoms. The molecule has 25 heavy (non-hydrogen) atoms. The van der Waals surface area contributed by atoms with E-state index in [1.54, 1.807) is 18.2 Å². The predicted molar refractivity (Wildman–Crippen MR) is 92.4 cm³/mol. The summed E-state index contributed by atoms with van der Waals surface area (Å²) in [5, 5.41) is 21.1. The average Bonchev–Trinajstić information content (AvgIpc) is 2.64. The smallest absolute Gasteiger partial charge is 0.489 e. The molecular formula is C17H18BNO6. The van der Waals surface area contributed by atoms with Crippen LogP contribution in [-0.2, 0) is 6.54 Å². The molecule has 130 valence electrons. The Balaban J connectivity index is 2.17. The van der Waals surface area contributed by atoms with Gasteiger partial charge in [-0.2, -0.15) is 0 Å². The first-order chi connectivity index (χ1) is 12.0. The van der Waals surface area contributed by atoms with Gasteiger partial charge in [0, 0.05) is 23.2 Å². The summed E-state index contributed by atoms with van der Waals surface area (Å²) in [6, 6.07) is 9.38. The van der Waals surface area contributed by atoms with Gasteiger partial charge in [0.15, 0.2) is 11.5 Å². The van der Waals surface area contributed by atoms with Crippen molar-refractivity contribution in [2.45, 2.75) is 6.54 Å². The van der Waals surface area contributed by atoms with Crippen LogP contribution in [0, 0.1) is 0 Å². The van der Waals surface area contributed by atoms with E-state index in [2.05, 4.69) is 5.32 Å². The Morgan fingerprint density at radius 3 is 2.56 bits per heavy atom. The van der Waals surface area contributed by atoms with Crippen molar-refractivity contribution >= 4 is 24.8 Å². The SMILES string of the molecule is COc1cccc(CNC(=O)c2ccc(B(O)O)c(C=O)c2)c1OC. The van der Waals surface area contributed by atoms with Crippen molar-refractivity contribution in [3.8, 4) is 11.5 Å². The van der Waals surface area contributed by atoms with Crippen LogP contribution in [0.15, 0.2) is 36.4 Å². The van der Waals surface area contributed by atoms with Crippen LogP contribution in [0.1, 0.15) is 26.3 Å². The van der Waals surface area contributed by atoms with Crippen LogP contribution in [0.3, 0.4) is 0 Å². The Kier molecular flexibility index (Phi) is 6.16. The van der Waals surface area contributed by atoms with E-state index >= 15 is 0 Å². The van der Waals surface area contributed by atoms with E-state index < -0.39 is 13.0 Å². The number of aldehydes is 1. The molecule has 0 saturated carbocycles. The fourth-order valence-corrected chi connectivity index (χ4v) is 2.42. The summed E-state index contributed by atoms with van der Waals surface area (Å²) in [7, 11) is 1.26. The Morgan fingerprint density at radius 1 is 1.20 bits per heavy atom. The lowest BCUT2D eigenvalue weighted by molar-refractivity contribution is 0.0950. The maximum atomic E-state index is 12.3. The summed E-state index contributed by atoms with van der Waals surface area (Å²) in [5.41, 5.74) is 1.05. The number of carbonyl (C=O) groups is 2. The molecule has 7 nitrogen and oxygen atoms in total. The first-order valence-electron chi connectivity index (χ1n) is 7.45. The van der Waals surface area contributed by atoms with E-state index in [-0.39, 0.29) is 23.1 Å². The number of rotatable bonds is 7. The fraction of sp³-hybridized carbons (Fsp3) is 0.176. The van der Waals surface area contributed by atoms with Crippen LogP contribution in [0.2, 0.25) is 0 Å². The monoisotopic (exact) mass is 343 g/mol. The minimum atomic E-state index is -1.78. The Bertz CT molecular complexity index is 778. The zero-order chi connectivity index (χ0) is 18.4. The van der Waals surface area contributed by atoms with E-state index in [0.717, 1.165) is 5.56 Å². The number of carbonyl (C=O) groups excluding carboxylic acids is 2. The molecule has 0 atom stereocenters. The van der Waals surface area contributed by atoms with E-state index in [1.807, 2.05) is 0 Å². The van der Waals surface area contributed by atoms with Gasteiger partial charge in [0.1, 0.15) is 6.29 Å². The number of methoxy groups -OCH3 is 2. The van der Waals surface area contributed by atoms with Crippen molar-refractivity contribution < 1.29 is 29.1 Å². The third-order valence-corrected chi connectivity index (χ3v) is 3.68. The number of ether oxygens (including phenoxy) is 2. The molecule has 0 spiro atoms. The van der Waals surface area contributed by atoms with Gasteiger partial charge in [0.05, 0.1) is 14.2 Å². The molecule has 1 amide bonds. The zero-order valence-electron chi connectivity index (χ0n) is 13.9. The van der Waals surface area contributed by atoms with Gasteiger partial charge in [-0.3, -0.25) is 9.59 Å². The maximum absolute atomic E-state index is 12.3. The van der Waals surface area contributed by atoms with Gasteiger partial charge in [0.2, 0.25) is 0 Å². The van der Waals surface area contributed by atoms with E-state index in [1.165, 1.54) is 32.4 Å². The lowest BCUT2D eigenvalue weighted by Gasteiger charge is -2.13. The second-order valence-electron chi connectivity index (χ2n) is 5.17. The molecule has 0 aliphatic heterocycles. The highest BCUT2D eigenvalue weighted by atomic mass is 16.5. The molecule has 0 unspecified atom stereocenters. The van der Waals surface area contributed by atoms with Gasteiger partial charge < -0.3 is 24.8 Å². The number of hydrogen-bond acceptors (Lipinski definition) is 6. The molecule has 0 saturated heterocycles. The van der Waals surface area contributed by atoms with Crippen LogP contribution in [-0.4, -0.2) is 43.6 Å². The zero-order valence-corrected chi connectivity index (χ0v) is 13.9. The summed E-state index contributed by atoms with van der Waals surface area (Å²) >= 11 is 0. The molecule has 2 aromatic carbocycles. The molecule has 0 aliphatic carbocycles. The second-order valence-corrected chi connectivity index (χ2v) is 5.17. The summed E-state index contributed by atoms with van der Waals surface area (Å²) in [5.74, 6) is 0.670. The van der Waals surface area contributed by atoms with Crippen molar-refractivity contribution in [3.05, 3.63) is 53.1 Å². The number of para-hydroxylation sites is 1. The molecule has 0 aliphatic rings. The van der Waals surface area contributed by atoms with Gasteiger partial charge in [-0.1, -0.05) is 18.2 Å². The molecule has 0 radical (unpaired) electrons. The first kappa shape index (κ1) is 18.5. The summed E-state index contributed by atoms with van der Waals surface area (Å²) in [6.45, 7) is 0.194. The Hall–Kier alpha value is -2.84. The summed E-state index contributed by atoms with van der Waals surface area (Å²) < 4.78 is 10.5. The molecule has 8 heteroatoms. The molecule has 2 aromatic rings. The molecule has 2 rings (SSSR count). The quantitative estimate of drug-likeness (QED) is 0.487. The number of benzene rings is 2. The summed E-state index contributed by atoms with van der Waals surface area (Å²) in [4.78, 5) is 23.4. The minimum Gasteiger partial charge on any atom is -0.493 e. The maximum Gasteiger partial charge on any atom is 0.489 e. The van der Waals surface area contributed by atoms with Crippen molar-refractivity contribution in [1.82, 2.24) is 5.32 Å². The topological polar surface area (TPSA) is 105 Å². The molecule has 0 aromatic heterocycles. The van der Waals surface area contributed by atoms with Crippen LogP contribution in [0.4, 0.5) is 0 Å². The van der Waals surface area contributed by atoms with Crippen molar-refractivity contribution in [1.29, 1.82) is 0 Å². The van der Waals surface area contributed by atoms with Crippen LogP contribution < -0.4 is 20.3 Å². The molecule has 3 N–H and O–H groups in total. The van der Waals surface area contributed by atoms with Crippen molar-refractivity contribution in [3.63, 3.8) is 0 Å². The lowest BCUT2D eigenvalue weighted by Crippen LogP contribution is -2.33. The van der Waals surface area contributed by atoms with Crippen LogP contribution in [0.5, 0.6) is 11.5 Å². The number of nitrogens with one attached hydrogen (secondary N) is 1. The van der Waals surface area contributed by atoms with E-state index in [4.69, 9.17) is 9.47 Å². The molecule has 0 fully saturated rings. The predicted octanol–water partition coefficient (Wildman–Crippen LogP) is 0.126. The highest BCUT2D eigenvalue weighted by molar-refractivity contribution is 6.60. The van der Waals surface area contributed by atoms with E-state index in [9.17, 15) is 19.6 Å². The normalized spacial score (nSPS) is 10.1. The number of hydrogen-bond donors (Lipinski definition) is 3. The third kappa shape index (κ3) is 4.17. The van der Waals surface area contributed by atoms with Crippen LogP contribution in [0.25, 0.3) is 0 Å². The van der Waals surface area contributed by atoms with Crippen molar-refractivity contribution in [2.24, 2.45) is 0 Å². The van der Waals surface area contributed by atoms with Crippen LogP contribution >= 0.6 is 0 Å². The lowest BCUT2D eigenvalue weighted by atomic mass is 9.77. The van der Waals surface area contributed by atoms with E-state index in [0.29, 0.717) is 17.8 Å². The minimum absolute atomic E-state index is 0.0426. The highest BCUT2D eigenvalue weighted by Gasteiger charge is 2.18. The molecular weight excluding hydrogens is 325 g/mol. The largest absolute Gasteiger partial charge is 0.493 e. The van der Waals surface area contributed by atoms with Gasteiger partial charge in [-0.25, -0.2) is 0 Å². The average molecular weight is 343 g/mol. The fourth-order valence-electron chi connectivity index (χ4n) is 2.42. The Morgan fingerprint density at radius 2 is 1.96 bits per heavy atom. The standard InChI is InChI=1S/C17H18BNO6/c1-24-15-5-3-4-12(16(15)25-2)9-19-17(21)11-6-7-14(18(22)23)13(8-11)10-20/h3-8,10,22-23H,9H2,1-2H3,(H,19,21). The van der Waals surface area contributed by atoms with Gasteiger partial charge in [-0.05, 0) is 23.7 Å². The van der Waals surface area contributed by atoms with Gasteiger partial charge >= 0.3 is 7.12 Å². The first-order valence-corrected chi connectivity index (χ1v) is 7.45. The molecule has 0 heterocycles. The van der Waals surface area contributed by atoms with Gasteiger partial charge in [-0.15, -0.1) is 0 Å². The highest BCUT2D eigenvalue weighted by Crippen LogP contribution is 2.30.